The molecule has 0 saturated carbocycles. The molecular formula is C13H14N2O5. The number of carbonyl (C=O) groups excluding carboxylic acids is 2. The molecule has 7 nitrogen and oxygen atoms in total. The largest absolute Gasteiger partial charge is 0.491 e. The molecule has 0 spiro atoms. The Morgan fingerprint density at radius 2 is 1.90 bits per heavy atom. The highest BCUT2D eigenvalue weighted by Gasteiger charge is 2.22. The fraction of sp³-hybridized carbons (Fsp3) is 0.308. The van der Waals surface area contributed by atoms with Gasteiger partial charge in [-0.25, -0.2) is 4.79 Å². The van der Waals surface area contributed by atoms with E-state index in [2.05, 4.69) is 5.32 Å². The number of carbonyl (C=O) groups is 3. The fourth-order valence-corrected chi connectivity index (χ4v) is 1.91. The summed E-state index contributed by atoms with van der Waals surface area (Å²) in [5, 5.41) is 11.2. The maximum atomic E-state index is 11.2. The molecule has 2 amide bonds. The third kappa shape index (κ3) is 3.55. The van der Waals surface area contributed by atoms with Crippen molar-refractivity contribution in [1.29, 1.82) is 0 Å². The fourth-order valence-electron chi connectivity index (χ4n) is 1.91. The lowest BCUT2D eigenvalue weighted by Crippen LogP contribution is -2.52. The first-order valence-corrected chi connectivity index (χ1v) is 6.06. The van der Waals surface area contributed by atoms with Crippen LogP contribution in [-0.2, 0) is 9.59 Å². The van der Waals surface area contributed by atoms with E-state index in [0.717, 1.165) is 0 Å². The van der Waals surface area contributed by atoms with E-state index >= 15 is 0 Å². The number of benzene rings is 1. The maximum Gasteiger partial charge on any atom is 0.339 e. The lowest BCUT2D eigenvalue weighted by atomic mass is 10.2. The van der Waals surface area contributed by atoms with E-state index in [1.807, 2.05) is 0 Å². The van der Waals surface area contributed by atoms with Crippen LogP contribution >= 0.6 is 0 Å². The number of para-hydroxylation sites is 1. The van der Waals surface area contributed by atoms with Gasteiger partial charge >= 0.3 is 5.97 Å². The summed E-state index contributed by atoms with van der Waals surface area (Å²) in [7, 11) is 0. The van der Waals surface area contributed by atoms with Crippen LogP contribution < -0.4 is 10.1 Å². The number of hydrogen-bond acceptors (Lipinski definition) is 5. The molecule has 1 aliphatic rings. The Hall–Kier alpha value is -2.41. The third-order valence-electron chi connectivity index (χ3n) is 2.80. The number of piperazine rings is 1. The predicted molar refractivity (Wildman–Crippen MR) is 68.5 cm³/mol. The number of hydrogen-bond donors (Lipinski definition) is 2. The highest BCUT2D eigenvalue weighted by atomic mass is 16.5. The van der Waals surface area contributed by atoms with E-state index < -0.39 is 5.97 Å². The topological polar surface area (TPSA) is 95.9 Å². The minimum atomic E-state index is -1.06. The van der Waals surface area contributed by atoms with Gasteiger partial charge in [0.05, 0.1) is 13.1 Å². The lowest BCUT2D eigenvalue weighted by molar-refractivity contribution is -0.136. The van der Waals surface area contributed by atoms with Gasteiger partial charge in [-0.05, 0) is 12.1 Å². The van der Waals surface area contributed by atoms with Crippen molar-refractivity contribution in [2.24, 2.45) is 0 Å². The summed E-state index contributed by atoms with van der Waals surface area (Å²) in [5.74, 6) is -1.47. The van der Waals surface area contributed by atoms with Crippen molar-refractivity contribution in [3.8, 4) is 5.75 Å². The van der Waals surface area contributed by atoms with E-state index in [9.17, 15) is 14.4 Å². The van der Waals surface area contributed by atoms with Crippen molar-refractivity contribution >= 4 is 17.8 Å². The first kappa shape index (κ1) is 14.0. The number of nitrogens with zero attached hydrogens (tertiary/aromatic N) is 1. The number of carboxylic acids is 1. The standard InChI is InChI=1S/C13H14N2O5/c16-11-7-15(8-12(17)14-11)5-6-20-10-4-2-1-3-9(10)13(18)19/h1-4H,5-8H2,(H,18,19)(H,14,16,17). The molecule has 1 aromatic rings. The maximum absolute atomic E-state index is 11.2. The Balaban J connectivity index is 1.88. The van der Waals surface area contributed by atoms with Crippen molar-refractivity contribution in [2.45, 2.75) is 0 Å². The van der Waals surface area contributed by atoms with Crippen LogP contribution in [0.4, 0.5) is 0 Å². The molecule has 106 valence electrons. The number of carboxylic acid groups (broad SMARTS) is 1. The number of rotatable bonds is 5. The third-order valence-corrected chi connectivity index (χ3v) is 2.80. The minimum Gasteiger partial charge on any atom is -0.491 e. The van der Waals surface area contributed by atoms with E-state index in [4.69, 9.17) is 9.84 Å². The Morgan fingerprint density at radius 3 is 2.55 bits per heavy atom. The first-order chi connectivity index (χ1) is 9.56. The molecule has 2 rings (SSSR count). The molecular weight excluding hydrogens is 264 g/mol. The Morgan fingerprint density at radius 1 is 1.25 bits per heavy atom. The number of ether oxygens (including phenoxy) is 1. The molecule has 1 saturated heterocycles. The van der Waals surface area contributed by atoms with Crippen molar-refractivity contribution < 1.29 is 24.2 Å². The molecule has 2 N–H and O–H groups in total. The number of nitrogens with one attached hydrogen (secondary N) is 1. The molecule has 0 atom stereocenters. The molecule has 1 heterocycles. The van der Waals surface area contributed by atoms with Gasteiger partial charge in [0, 0.05) is 6.54 Å². The van der Waals surface area contributed by atoms with Gasteiger partial charge in [0.25, 0.3) is 0 Å². The van der Waals surface area contributed by atoms with Crippen LogP contribution in [0.25, 0.3) is 0 Å². The number of aromatic carboxylic acids is 1. The lowest BCUT2D eigenvalue weighted by Gasteiger charge is -2.25. The normalized spacial score (nSPS) is 15.8. The van der Waals surface area contributed by atoms with Gasteiger partial charge in [-0.1, -0.05) is 12.1 Å². The van der Waals surface area contributed by atoms with Gasteiger partial charge < -0.3 is 9.84 Å². The van der Waals surface area contributed by atoms with Gasteiger partial charge in [0.15, 0.2) is 0 Å². The highest BCUT2D eigenvalue weighted by Crippen LogP contribution is 2.17. The minimum absolute atomic E-state index is 0.0833. The van der Waals surface area contributed by atoms with Crippen LogP contribution in [0.3, 0.4) is 0 Å². The summed E-state index contributed by atoms with van der Waals surface area (Å²) in [6.45, 7) is 0.837. The summed E-state index contributed by atoms with van der Waals surface area (Å²) in [5.41, 5.74) is 0.0833. The summed E-state index contributed by atoms with van der Waals surface area (Å²) >= 11 is 0. The molecule has 1 fully saturated rings. The molecule has 1 aliphatic heterocycles. The van der Waals surface area contributed by atoms with Crippen molar-refractivity contribution in [3.63, 3.8) is 0 Å². The summed E-state index contributed by atoms with van der Waals surface area (Å²) in [6.07, 6.45) is 0. The molecule has 0 aromatic heterocycles. The van der Waals surface area contributed by atoms with Crippen LogP contribution in [0.2, 0.25) is 0 Å². The molecule has 1 aromatic carbocycles. The number of imide groups is 1. The predicted octanol–water partition coefficient (Wildman–Crippen LogP) is -0.278. The average molecular weight is 278 g/mol. The average Bonchev–Trinajstić information content (AvgIpc) is 2.38. The van der Waals surface area contributed by atoms with E-state index in [1.165, 1.54) is 6.07 Å². The molecule has 0 bridgehead atoms. The Bertz CT molecular complexity index is 527. The second-order valence-electron chi connectivity index (χ2n) is 4.33. The van der Waals surface area contributed by atoms with Gasteiger partial charge in [-0.3, -0.25) is 19.8 Å². The van der Waals surface area contributed by atoms with Gasteiger partial charge in [0.1, 0.15) is 17.9 Å². The smallest absolute Gasteiger partial charge is 0.339 e. The van der Waals surface area contributed by atoms with E-state index in [-0.39, 0.29) is 42.8 Å². The van der Waals surface area contributed by atoms with Gasteiger partial charge in [-0.2, -0.15) is 0 Å². The van der Waals surface area contributed by atoms with E-state index in [1.54, 1.807) is 23.1 Å². The van der Waals surface area contributed by atoms with Crippen LogP contribution in [0.1, 0.15) is 10.4 Å². The Labute approximate surface area is 115 Å². The molecule has 0 aliphatic carbocycles. The van der Waals surface area contributed by atoms with Crippen LogP contribution in [0.15, 0.2) is 24.3 Å². The quantitative estimate of drug-likeness (QED) is 0.719. The summed E-state index contributed by atoms with van der Waals surface area (Å²) in [6, 6.07) is 6.32. The molecule has 7 heteroatoms. The van der Waals surface area contributed by atoms with Gasteiger partial charge in [0.2, 0.25) is 11.8 Å². The summed E-state index contributed by atoms with van der Waals surface area (Å²) in [4.78, 5) is 35.0. The SMILES string of the molecule is O=C1CN(CCOc2ccccc2C(=O)O)CC(=O)N1. The van der Waals surface area contributed by atoms with E-state index in [0.29, 0.717) is 6.54 Å². The van der Waals surface area contributed by atoms with Crippen molar-refractivity contribution in [3.05, 3.63) is 29.8 Å². The summed E-state index contributed by atoms with van der Waals surface area (Å²) < 4.78 is 5.41. The van der Waals surface area contributed by atoms with Crippen molar-refractivity contribution in [2.75, 3.05) is 26.2 Å². The monoisotopic (exact) mass is 278 g/mol. The molecule has 0 unspecified atom stereocenters. The molecule has 0 radical (unpaired) electrons. The van der Waals surface area contributed by atoms with Crippen LogP contribution in [0.5, 0.6) is 5.75 Å². The highest BCUT2D eigenvalue weighted by molar-refractivity contribution is 5.99. The zero-order chi connectivity index (χ0) is 14.5. The second-order valence-corrected chi connectivity index (χ2v) is 4.33. The second kappa shape index (κ2) is 6.16. The van der Waals surface area contributed by atoms with Crippen molar-refractivity contribution in [1.82, 2.24) is 10.2 Å². The van der Waals surface area contributed by atoms with Gasteiger partial charge in [-0.15, -0.1) is 0 Å². The van der Waals surface area contributed by atoms with Crippen LogP contribution in [-0.4, -0.2) is 54.0 Å². The zero-order valence-corrected chi connectivity index (χ0v) is 10.7. The number of amides is 2. The molecule has 20 heavy (non-hydrogen) atoms. The van der Waals surface area contributed by atoms with Crippen LogP contribution in [0, 0.1) is 0 Å². The Kier molecular flexibility index (Phi) is 4.31. The first-order valence-electron chi connectivity index (χ1n) is 6.06. The zero-order valence-electron chi connectivity index (χ0n) is 10.7.